The summed E-state index contributed by atoms with van der Waals surface area (Å²) in [5.41, 5.74) is -0.539. The molecule has 0 fully saturated rings. The first-order valence-electron chi connectivity index (χ1n) is 5.02. The molecule has 17 heavy (non-hydrogen) atoms. The topological polar surface area (TPSA) is 12.9 Å². The van der Waals surface area contributed by atoms with Crippen molar-refractivity contribution in [3.63, 3.8) is 0 Å². The highest BCUT2D eigenvalue weighted by Gasteiger charge is 2.34. The Morgan fingerprint density at radius 2 is 1.76 bits per heavy atom. The highest BCUT2D eigenvalue weighted by molar-refractivity contribution is 7.13. The molecule has 0 atom stereocenters. The van der Waals surface area contributed by atoms with E-state index in [-0.39, 0.29) is 10.1 Å². The van der Waals surface area contributed by atoms with Crippen LogP contribution in [0.15, 0.2) is 12.1 Å². The summed E-state index contributed by atoms with van der Waals surface area (Å²) in [5.74, 6) is -0.891. The quantitative estimate of drug-likeness (QED) is 0.624. The molecule has 0 saturated heterocycles. The average molecular weight is 265 g/mol. The lowest BCUT2D eigenvalue weighted by molar-refractivity contribution is -0.136. The number of rotatable bonds is 0. The fourth-order valence-electron chi connectivity index (χ4n) is 1.33. The van der Waals surface area contributed by atoms with Gasteiger partial charge in [0, 0.05) is 5.39 Å². The van der Waals surface area contributed by atoms with Crippen LogP contribution in [0.5, 0.6) is 0 Å². The molecule has 0 aliphatic heterocycles. The van der Waals surface area contributed by atoms with Crippen LogP contribution in [0.2, 0.25) is 0 Å². The van der Waals surface area contributed by atoms with E-state index in [2.05, 4.69) is 4.37 Å². The summed E-state index contributed by atoms with van der Waals surface area (Å²) < 4.78 is 54.3. The minimum atomic E-state index is -4.54. The van der Waals surface area contributed by atoms with Crippen LogP contribution in [0.1, 0.15) is 25.1 Å². The number of nitrogens with zero attached hydrogens (tertiary/aromatic N) is 1. The molecule has 2 rings (SSSR count). The molecule has 0 spiro atoms. The van der Waals surface area contributed by atoms with Crippen LogP contribution >= 0.6 is 11.5 Å². The Morgan fingerprint density at radius 1 is 1.18 bits per heavy atom. The number of alkyl halides is 3. The van der Waals surface area contributed by atoms with Crippen molar-refractivity contribution < 1.29 is 17.6 Å². The van der Waals surface area contributed by atoms with E-state index in [0.29, 0.717) is 11.8 Å². The standard InChI is InChI=1S/C9H5F4NS.C2H6/c1-4-6-2-5(10)3-7(9(11,12)13)8(6)15-14-4;1-2/h2-3H,1H3;1-2H3. The molecule has 0 aliphatic rings. The van der Waals surface area contributed by atoms with Gasteiger partial charge in [-0.05, 0) is 30.6 Å². The molecule has 6 heteroatoms. The Labute approximate surface area is 100 Å². The first-order valence-corrected chi connectivity index (χ1v) is 5.79. The number of hydrogen-bond donors (Lipinski definition) is 0. The molecule has 1 nitrogen and oxygen atoms in total. The summed E-state index contributed by atoms with van der Waals surface area (Å²) in [6.45, 7) is 5.55. The van der Waals surface area contributed by atoms with Gasteiger partial charge in [0.25, 0.3) is 0 Å². The number of aromatic nitrogens is 1. The second-order valence-corrected chi connectivity index (χ2v) is 3.87. The minimum absolute atomic E-state index is 0.0126. The average Bonchev–Trinajstić information content (AvgIpc) is 2.61. The van der Waals surface area contributed by atoms with Crippen molar-refractivity contribution in [2.75, 3.05) is 0 Å². The monoisotopic (exact) mass is 265 g/mol. The molecule has 0 N–H and O–H groups in total. The van der Waals surface area contributed by atoms with Crippen LogP contribution in [0.25, 0.3) is 10.1 Å². The van der Waals surface area contributed by atoms with Gasteiger partial charge in [-0.25, -0.2) is 4.39 Å². The third kappa shape index (κ3) is 2.74. The second-order valence-electron chi connectivity index (χ2n) is 3.10. The molecular formula is C11H11F4NS. The minimum Gasteiger partial charge on any atom is -0.207 e. The molecule has 1 aromatic carbocycles. The van der Waals surface area contributed by atoms with E-state index < -0.39 is 17.6 Å². The molecular weight excluding hydrogens is 254 g/mol. The maximum Gasteiger partial charge on any atom is 0.417 e. The Morgan fingerprint density at radius 3 is 2.29 bits per heavy atom. The predicted molar refractivity (Wildman–Crippen MR) is 60.7 cm³/mol. The van der Waals surface area contributed by atoms with E-state index in [1.807, 2.05) is 13.8 Å². The van der Waals surface area contributed by atoms with Crippen molar-refractivity contribution in [2.45, 2.75) is 26.9 Å². The van der Waals surface area contributed by atoms with Gasteiger partial charge in [0.15, 0.2) is 0 Å². The number of aryl methyl sites for hydroxylation is 1. The first kappa shape index (κ1) is 13.9. The van der Waals surface area contributed by atoms with E-state index in [9.17, 15) is 17.6 Å². The summed E-state index contributed by atoms with van der Waals surface area (Å²) in [7, 11) is 0. The zero-order valence-corrected chi connectivity index (χ0v) is 10.3. The molecule has 2 aromatic rings. The lowest BCUT2D eigenvalue weighted by Gasteiger charge is -2.07. The zero-order chi connectivity index (χ0) is 13.2. The fourth-order valence-corrected chi connectivity index (χ4v) is 2.24. The molecule has 0 amide bonds. The molecule has 1 heterocycles. The fraction of sp³-hybridized carbons (Fsp3) is 0.364. The third-order valence-corrected chi connectivity index (χ3v) is 3.01. The Kier molecular flexibility index (Phi) is 4.08. The number of fused-ring (bicyclic) bond motifs is 1. The van der Waals surface area contributed by atoms with Gasteiger partial charge in [0.05, 0.1) is 16.0 Å². The van der Waals surface area contributed by atoms with Gasteiger partial charge in [-0.15, -0.1) is 0 Å². The van der Waals surface area contributed by atoms with E-state index in [0.717, 1.165) is 17.6 Å². The van der Waals surface area contributed by atoms with Crippen LogP contribution in [-0.4, -0.2) is 4.37 Å². The Bertz CT molecular complexity index is 516. The molecule has 0 bridgehead atoms. The highest BCUT2D eigenvalue weighted by atomic mass is 32.1. The smallest absolute Gasteiger partial charge is 0.207 e. The third-order valence-electron chi connectivity index (χ3n) is 2.02. The van der Waals surface area contributed by atoms with Crippen LogP contribution in [-0.2, 0) is 6.18 Å². The van der Waals surface area contributed by atoms with E-state index in [1.165, 1.54) is 0 Å². The predicted octanol–water partition coefficient (Wildman–Crippen LogP) is 4.79. The van der Waals surface area contributed by atoms with Gasteiger partial charge in [-0.3, -0.25) is 0 Å². The Hall–Kier alpha value is -1.17. The molecule has 0 saturated carbocycles. The van der Waals surface area contributed by atoms with Gasteiger partial charge in [0.2, 0.25) is 0 Å². The SMILES string of the molecule is CC.Cc1nsc2c(C(F)(F)F)cc(F)cc12. The molecule has 94 valence electrons. The van der Waals surface area contributed by atoms with Gasteiger partial charge in [-0.1, -0.05) is 13.8 Å². The highest BCUT2D eigenvalue weighted by Crippen LogP contribution is 2.38. The molecule has 0 aliphatic carbocycles. The summed E-state index contributed by atoms with van der Waals surface area (Å²) in [4.78, 5) is 0. The number of benzene rings is 1. The summed E-state index contributed by atoms with van der Waals surface area (Å²) >= 11 is 0.739. The maximum atomic E-state index is 13.0. The van der Waals surface area contributed by atoms with Crippen molar-refractivity contribution in [2.24, 2.45) is 0 Å². The first-order chi connectivity index (χ1) is 7.89. The van der Waals surface area contributed by atoms with Crippen molar-refractivity contribution in [1.82, 2.24) is 4.37 Å². The molecule has 0 unspecified atom stereocenters. The normalized spacial score (nSPS) is 11.2. The largest absolute Gasteiger partial charge is 0.417 e. The van der Waals surface area contributed by atoms with E-state index in [1.54, 1.807) is 6.92 Å². The maximum absolute atomic E-state index is 13.0. The van der Waals surface area contributed by atoms with E-state index >= 15 is 0 Å². The lowest BCUT2D eigenvalue weighted by atomic mass is 10.1. The summed E-state index contributed by atoms with van der Waals surface area (Å²) in [6, 6.07) is 1.57. The van der Waals surface area contributed by atoms with Crippen LogP contribution in [0.4, 0.5) is 17.6 Å². The van der Waals surface area contributed by atoms with Gasteiger partial charge < -0.3 is 0 Å². The summed E-state index contributed by atoms with van der Waals surface area (Å²) in [5, 5.41) is 0.229. The van der Waals surface area contributed by atoms with Gasteiger partial charge in [0.1, 0.15) is 5.82 Å². The van der Waals surface area contributed by atoms with Crippen LogP contribution in [0.3, 0.4) is 0 Å². The van der Waals surface area contributed by atoms with Crippen LogP contribution in [0, 0.1) is 12.7 Å². The van der Waals surface area contributed by atoms with Crippen molar-refractivity contribution in [3.05, 3.63) is 29.2 Å². The zero-order valence-electron chi connectivity index (χ0n) is 9.52. The van der Waals surface area contributed by atoms with Crippen LogP contribution < -0.4 is 0 Å². The van der Waals surface area contributed by atoms with Crippen molar-refractivity contribution in [1.29, 1.82) is 0 Å². The van der Waals surface area contributed by atoms with Gasteiger partial charge >= 0.3 is 6.18 Å². The molecule has 1 aromatic heterocycles. The molecule has 0 radical (unpaired) electrons. The van der Waals surface area contributed by atoms with Gasteiger partial charge in [-0.2, -0.15) is 17.5 Å². The lowest BCUT2D eigenvalue weighted by Crippen LogP contribution is -2.05. The number of halogens is 4. The summed E-state index contributed by atoms with van der Waals surface area (Å²) in [6.07, 6.45) is -4.54. The van der Waals surface area contributed by atoms with E-state index in [4.69, 9.17) is 0 Å². The van der Waals surface area contributed by atoms with Crippen molar-refractivity contribution >= 4 is 21.6 Å². The number of hydrogen-bond acceptors (Lipinski definition) is 2. The van der Waals surface area contributed by atoms with Crippen molar-refractivity contribution in [3.8, 4) is 0 Å². The second kappa shape index (κ2) is 5.00. The Balaban J connectivity index is 0.000000686.